The molecule has 37 heavy (non-hydrogen) atoms. The van der Waals surface area contributed by atoms with Crippen LogP contribution in [0.3, 0.4) is 0 Å². The Hall–Kier alpha value is -2.18. The molecular formula is C25H27ClF3NO6S. The molecule has 2 aliphatic rings. The first-order chi connectivity index (χ1) is 17.4. The lowest BCUT2D eigenvalue weighted by Gasteiger charge is -2.42. The summed E-state index contributed by atoms with van der Waals surface area (Å²) in [5, 5.41) is 21.6. The number of sulfone groups is 1. The highest BCUT2D eigenvalue weighted by Gasteiger charge is 2.58. The first kappa shape index (κ1) is 27.8. The number of hydrogen-bond acceptors (Lipinski definition) is 6. The number of carbonyl (C=O) groups excluding carboxylic acids is 1. The van der Waals surface area contributed by atoms with Crippen LogP contribution in [0.4, 0.5) is 18.9 Å². The first-order valence-corrected chi connectivity index (χ1v) is 13.7. The number of benzene rings is 2. The van der Waals surface area contributed by atoms with Crippen molar-refractivity contribution in [3.63, 3.8) is 0 Å². The molecule has 0 aliphatic heterocycles. The molecule has 2 aromatic rings. The second-order valence-electron chi connectivity index (χ2n) is 9.78. The zero-order chi connectivity index (χ0) is 27.1. The molecule has 2 aromatic carbocycles. The van der Waals surface area contributed by atoms with Crippen LogP contribution < -0.4 is 5.32 Å². The van der Waals surface area contributed by atoms with Crippen molar-refractivity contribution in [1.29, 1.82) is 0 Å². The van der Waals surface area contributed by atoms with Crippen LogP contribution >= 0.6 is 11.6 Å². The highest BCUT2D eigenvalue weighted by atomic mass is 35.5. The lowest BCUT2D eigenvalue weighted by molar-refractivity contribution is -0.119. The highest BCUT2D eigenvalue weighted by molar-refractivity contribution is 7.92. The maximum absolute atomic E-state index is 13.7. The second kappa shape index (κ2) is 10.5. The first-order valence-electron chi connectivity index (χ1n) is 11.8. The van der Waals surface area contributed by atoms with Gasteiger partial charge in [0.1, 0.15) is 0 Å². The van der Waals surface area contributed by atoms with Crippen molar-refractivity contribution in [3.05, 3.63) is 58.4 Å². The highest BCUT2D eigenvalue weighted by Crippen LogP contribution is 2.54. The Morgan fingerprint density at radius 3 is 2.46 bits per heavy atom. The van der Waals surface area contributed by atoms with Gasteiger partial charge in [0.2, 0.25) is 0 Å². The number of carbonyl (C=O) groups is 1. The van der Waals surface area contributed by atoms with Crippen LogP contribution in [0.15, 0.2) is 35.2 Å². The van der Waals surface area contributed by atoms with Crippen LogP contribution in [0.5, 0.6) is 0 Å². The third kappa shape index (κ3) is 5.24. The Morgan fingerprint density at radius 2 is 1.84 bits per heavy atom. The van der Waals surface area contributed by atoms with Gasteiger partial charge in [0.05, 0.1) is 40.6 Å². The van der Waals surface area contributed by atoms with E-state index in [1.54, 1.807) is 0 Å². The van der Waals surface area contributed by atoms with E-state index in [0.29, 0.717) is 18.6 Å². The molecule has 12 heteroatoms. The number of halogens is 4. The molecule has 0 heterocycles. The van der Waals surface area contributed by atoms with E-state index in [-0.39, 0.29) is 71.6 Å². The quantitative estimate of drug-likeness (QED) is 0.332. The van der Waals surface area contributed by atoms with Crippen LogP contribution in [0.2, 0.25) is 5.02 Å². The van der Waals surface area contributed by atoms with Crippen molar-refractivity contribution < 1.29 is 41.3 Å². The molecule has 0 aromatic heterocycles. The van der Waals surface area contributed by atoms with Gasteiger partial charge in [0.25, 0.3) is 5.91 Å². The minimum atomic E-state index is -4.04. The predicted octanol–water partition coefficient (Wildman–Crippen LogP) is 3.96. The van der Waals surface area contributed by atoms with Gasteiger partial charge in [-0.05, 0) is 55.2 Å². The number of aliphatic hydroxyl groups is 2. The topological polar surface area (TPSA) is 113 Å². The average Bonchev–Trinajstić information content (AvgIpc) is 2.96. The summed E-state index contributed by atoms with van der Waals surface area (Å²) in [4.78, 5) is 12.4. The molecule has 2 bridgehead atoms. The van der Waals surface area contributed by atoms with E-state index < -0.39 is 44.0 Å². The van der Waals surface area contributed by atoms with E-state index in [0.717, 1.165) is 6.07 Å². The Labute approximate surface area is 217 Å². The summed E-state index contributed by atoms with van der Waals surface area (Å²) in [7, 11) is -4.04. The molecule has 0 saturated heterocycles. The number of ether oxygens (including phenoxy) is 1. The van der Waals surface area contributed by atoms with Crippen molar-refractivity contribution in [2.75, 3.05) is 25.1 Å². The van der Waals surface area contributed by atoms with Gasteiger partial charge in [-0.2, -0.15) is 0 Å². The molecular weight excluding hydrogens is 535 g/mol. The summed E-state index contributed by atoms with van der Waals surface area (Å²) in [6.45, 7) is 1.83. The van der Waals surface area contributed by atoms with Crippen molar-refractivity contribution in [3.8, 4) is 0 Å². The Balaban J connectivity index is 1.57. The number of hydrogen-bond donors (Lipinski definition) is 3. The predicted molar refractivity (Wildman–Crippen MR) is 130 cm³/mol. The van der Waals surface area contributed by atoms with Crippen molar-refractivity contribution >= 4 is 33.0 Å². The molecule has 202 valence electrons. The van der Waals surface area contributed by atoms with Crippen molar-refractivity contribution in [1.82, 2.24) is 0 Å². The fraction of sp³-hybridized carbons (Fsp3) is 0.480. The Morgan fingerprint density at radius 1 is 1.16 bits per heavy atom. The van der Waals surface area contributed by atoms with Gasteiger partial charge in [-0.3, -0.25) is 4.79 Å². The van der Waals surface area contributed by atoms with Gasteiger partial charge < -0.3 is 20.3 Å². The molecule has 4 rings (SSSR count). The van der Waals surface area contributed by atoms with Gasteiger partial charge in [-0.1, -0.05) is 18.5 Å². The van der Waals surface area contributed by atoms with Crippen molar-refractivity contribution in [2.45, 2.75) is 41.9 Å². The molecule has 3 unspecified atom stereocenters. The molecule has 0 radical (unpaired) electrons. The summed E-state index contributed by atoms with van der Waals surface area (Å²) in [6, 6.07) is 4.81. The molecule has 0 spiro atoms. The summed E-state index contributed by atoms with van der Waals surface area (Å²) < 4.78 is 73.0. The molecule has 2 aliphatic carbocycles. The minimum Gasteiger partial charge on any atom is -0.394 e. The third-order valence-electron chi connectivity index (χ3n) is 7.51. The summed E-state index contributed by atoms with van der Waals surface area (Å²) in [5.41, 5.74) is -1.68. The van der Waals surface area contributed by atoms with E-state index in [9.17, 15) is 31.5 Å². The number of rotatable bonds is 8. The molecule has 2 fully saturated rings. The van der Waals surface area contributed by atoms with Gasteiger partial charge in [-0.25, -0.2) is 21.6 Å². The number of anilines is 1. The van der Waals surface area contributed by atoms with Gasteiger partial charge in [0, 0.05) is 23.4 Å². The fourth-order valence-corrected chi connectivity index (χ4v) is 8.07. The van der Waals surface area contributed by atoms with Crippen LogP contribution in [0.1, 0.15) is 36.5 Å². The molecule has 5 atom stereocenters. The maximum atomic E-state index is 13.7. The van der Waals surface area contributed by atoms with Crippen LogP contribution in [0.25, 0.3) is 0 Å². The maximum Gasteiger partial charge on any atom is 0.255 e. The van der Waals surface area contributed by atoms with E-state index in [1.807, 2.05) is 6.92 Å². The zero-order valence-corrected chi connectivity index (χ0v) is 21.5. The Kier molecular flexibility index (Phi) is 7.92. The van der Waals surface area contributed by atoms with Crippen molar-refractivity contribution in [2.24, 2.45) is 17.8 Å². The van der Waals surface area contributed by atoms with E-state index >= 15 is 0 Å². The van der Waals surface area contributed by atoms with Gasteiger partial charge in [0.15, 0.2) is 27.3 Å². The van der Waals surface area contributed by atoms with Crippen LogP contribution in [-0.2, 0) is 14.6 Å². The fourth-order valence-electron chi connectivity index (χ4n) is 5.70. The summed E-state index contributed by atoms with van der Waals surface area (Å²) >= 11 is 6.24. The van der Waals surface area contributed by atoms with Gasteiger partial charge >= 0.3 is 0 Å². The molecule has 3 N–H and O–H groups in total. The zero-order valence-electron chi connectivity index (χ0n) is 19.9. The SMILES string of the molecule is C[C@H]1CC2CC(S(=O)(=O)c3cc(C(=O)Nc4cc(F)c(F)c(F)c4)ccc3Cl)CC1[C@@]2(O)COCCO. The third-order valence-corrected chi connectivity index (χ3v) is 10.2. The van der Waals surface area contributed by atoms with Gasteiger partial charge in [-0.15, -0.1) is 0 Å². The second-order valence-corrected chi connectivity index (χ2v) is 12.4. The largest absolute Gasteiger partial charge is 0.394 e. The normalized spacial score (nSPS) is 27.3. The van der Waals surface area contributed by atoms with E-state index in [2.05, 4.69) is 5.32 Å². The summed E-state index contributed by atoms with van der Waals surface area (Å²) in [6.07, 6.45) is 0.958. The van der Waals surface area contributed by atoms with E-state index in [1.165, 1.54) is 12.1 Å². The molecule has 1 amide bonds. The molecule has 2 saturated carbocycles. The minimum absolute atomic E-state index is 0.000980. The standard InChI is InChI=1S/C25H27ClF3NO6S/c1-13-6-15-8-17(11-18(13)25(15,33)12-36-5-4-31)37(34,35)22-7-14(2-3-19(22)26)24(32)30-16-9-20(27)23(29)21(28)10-16/h2-3,7,9-10,13,15,17-18,31,33H,4-6,8,11-12H2,1H3,(H,30,32)/t13-,15?,17?,18?,25+/m0/s1. The number of aliphatic hydroxyl groups excluding tert-OH is 1. The van der Waals surface area contributed by atoms with E-state index in [4.69, 9.17) is 21.4 Å². The monoisotopic (exact) mass is 561 g/mol. The Bertz CT molecular complexity index is 1290. The summed E-state index contributed by atoms with van der Waals surface area (Å²) in [5.74, 6) is -6.16. The number of nitrogens with one attached hydrogen (secondary N) is 1. The van der Waals surface area contributed by atoms with Crippen LogP contribution in [-0.4, -0.2) is 55.2 Å². The lowest BCUT2D eigenvalue weighted by atomic mass is 9.73. The number of fused-ring (bicyclic) bond motifs is 2. The average molecular weight is 562 g/mol. The number of amides is 1. The molecule has 7 nitrogen and oxygen atoms in total. The smallest absolute Gasteiger partial charge is 0.255 e. The lowest BCUT2D eigenvalue weighted by Crippen LogP contribution is -2.52. The van der Waals surface area contributed by atoms with Crippen LogP contribution in [0, 0.1) is 35.2 Å².